The van der Waals surface area contributed by atoms with Gasteiger partial charge in [-0.15, -0.1) is 0 Å². The second-order valence-corrected chi connectivity index (χ2v) is 6.49. The summed E-state index contributed by atoms with van der Waals surface area (Å²) in [6, 6.07) is 0. The first-order valence-corrected chi connectivity index (χ1v) is 7.51. The lowest BCUT2D eigenvalue weighted by molar-refractivity contribution is -0.131. The van der Waals surface area contributed by atoms with Crippen molar-refractivity contribution in [3.8, 4) is 0 Å². The number of amides is 1. The minimum absolute atomic E-state index is 0.315. The average Bonchev–Trinajstić information content (AvgIpc) is 2.37. The summed E-state index contributed by atoms with van der Waals surface area (Å²) in [6.07, 6.45) is 6.67. The van der Waals surface area contributed by atoms with E-state index in [4.69, 9.17) is 0 Å². The molecule has 3 aliphatic rings. The summed E-state index contributed by atoms with van der Waals surface area (Å²) in [5.74, 6) is 1.64. The van der Waals surface area contributed by atoms with Crippen molar-refractivity contribution in [1.82, 2.24) is 4.90 Å². The van der Waals surface area contributed by atoms with Gasteiger partial charge < -0.3 is 4.90 Å². The minimum atomic E-state index is 0.315. The fourth-order valence-electron chi connectivity index (χ4n) is 3.63. The van der Waals surface area contributed by atoms with Crippen LogP contribution in [0.1, 0.15) is 53.4 Å². The van der Waals surface area contributed by atoms with Crippen LogP contribution in [0.15, 0.2) is 11.6 Å². The predicted octanol–water partition coefficient (Wildman–Crippen LogP) is 3.63. The normalized spacial score (nSPS) is 28.3. The number of nitrogens with zero attached hydrogens (tertiary/aromatic N) is 1. The van der Waals surface area contributed by atoms with Crippen LogP contribution in [0.3, 0.4) is 0 Å². The molecule has 3 rings (SSSR count). The number of carbonyl (C=O) groups is 1. The fourth-order valence-corrected chi connectivity index (χ4v) is 3.63. The molecule has 0 aromatic heterocycles. The first kappa shape index (κ1) is 13.6. The van der Waals surface area contributed by atoms with Gasteiger partial charge in [0.1, 0.15) is 0 Å². The average molecular weight is 249 g/mol. The first-order chi connectivity index (χ1) is 8.52. The number of hydrogen-bond donors (Lipinski definition) is 0. The van der Waals surface area contributed by atoms with Crippen molar-refractivity contribution in [1.29, 1.82) is 0 Å². The van der Waals surface area contributed by atoms with Gasteiger partial charge in [0.25, 0.3) is 0 Å². The molecule has 2 nitrogen and oxygen atoms in total. The van der Waals surface area contributed by atoms with Crippen molar-refractivity contribution >= 4 is 5.91 Å². The van der Waals surface area contributed by atoms with E-state index in [9.17, 15) is 4.79 Å². The van der Waals surface area contributed by atoms with Crippen LogP contribution in [-0.4, -0.2) is 23.9 Å². The molecule has 1 amide bonds. The van der Waals surface area contributed by atoms with Gasteiger partial charge >= 0.3 is 0 Å². The van der Waals surface area contributed by atoms with Gasteiger partial charge in [0.05, 0.1) is 0 Å². The van der Waals surface area contributed by atoms with Gasteiger partial charge in [0, 0.05) is 18.7 Å². The van der Waals surface area contributed by atoms with E-state index in [-0.39, 0.29) is 0 Å². The van der Waals surface area contributed by atoms with Crippen molar-refractivity contribution in [2.45, 2.75) is 53.4 Å². The van der Waals surface area contributed by atoms with E-state index in [1.807, 2.05) is 0 Å². The molecule has 0 aromatic rings. The molecule has 0 N–H and O–H groups in total. The lowest BCUT2D eigenvalue weighted by Crippen LogP contribution is -2.51. The molecule has 0 heterocycles. The largest absolute Gasteiger partial charge is 0.339 e. The molecule has 1 saturated carbocycles. The number of allylic oxidation sites excluding steroid dienone is 1. The maximum Gasteiger partial charge on any atom is 0.249 e. The third-order valence-electron chi connectivity index (χ3n) is 4.99. The Morgan fingerprint density at radius 2 is 1.94 bits per heavy atom. The molecule has 0 spiro atoms. The summed E-state index contributed by atoms with van der Waals surface area (Å²) in [5.41, 5.74) is 1.47. The van der Waals surface area contributed by atoms with Crippen LogP contribution in [0.2, 0.25) is 0 Å². The second kappa shape index (κ2) is 5.07. The Morgan fingerprint density at radius 1 is 1.33 bits per heavy atom. The van der Waals surface area contributed by atoms with E-state index in [0.29, 0.717) is 17.2 Å². The third kappa shape index (κ3) is 2.10. The lowest BCUT2D eigenvalue weighted by Gasteiger charge is -2.56. The Hall–Kier alpha value is -0.790. The van der Waals surface area contributed by atoms with Gasteiger partial charge in [-0.1, -0.05) is 33.8 Å². The fraction of sp³-hybridized carbons (Fsp3) is 0.812. The van der Waals surface area contributed by atoms with E-state index in [2.05, 4.69) is 38.7 Å². The Labute approximate surface area is 111 Å². The summed E-state index contributed by atoms with van der Waals surface area (Å²) >= 11 is 0. The molecule has 18 heavy (non-hydrogen) atoms. The molecule has 0 aromatic carbocycles. The number of fused-ring (bicyclic) bond motifs is 1. The van der Waals surface area contributed by atoms with Gasteiger partial charge in [-0.3, -0.25) is 4.79 Å². The highest BCUT2D eigenvalue weighted by Crippen LogP contribution is 2.59. The molecule has 2 heteroatoms. The van der Waals surface area contributed by atoms with Crippen molar-refractivity contribution in [3.05, 3.63) is 11.6 Å². The van der Waals surface area contributed by atoms with Crippen molar-refractivity contribution in [2.75, 3.05) is 13.1 Å². The van der Waals surface area contributed by atoms with Crippen LogP contribution < -0.4 is 0 Å². The molecule has 102 valence electrons. The van der Waals surface area contributed by atoms with Crippen LogP contribution in [-0.2, 0) is 4.79 Å². The maximum atomic E-state index is 12.7. The number of hydrogen-bond acceptors (Lipinski definition) is 1. The molecule has 2 bridgehead atoms. The standard InChI is InChI=1S/C16H27NO/c1-5-9-17(10-6-2)15(18)13-8-7-12-11-14(13)16(12,3)4/h8,12,14H,5-7,9-11H2,1-4H3/t12-,14-/m1/s1. The third-order valence-corrected chi connectivity index (χ3v) is 4.99. The summed E-state index contributed by atoms with van der Waals surface area (Å²) < 4.78 is 0. The Bertz CT molecular complexity index is 350. The molecule has 0 radical (unpaired) electrons. The molecule has 0 saturated heterocycles. The van der Waals surface area contributed by atoms with Gasteiger partial charge in [0.2, 0.25) is 5.91 Å². The van der Waals surface area contributed by atoms with Gasteiger partial charge in [-0.25, -0.2) is 0 Å². The summed E-state index contributed by atoms with van der Waals surface area (Å²) in [6.45, 7) is 10.8. The van der Waals surface area contributed by atoms with Crippen molar-refractivity contribution in [2.24, 2.45) is 17.3 Å². The van der Waals surface area contributed by atoms with Gasteiger partial charge in [0.15, 0.2) is 0 Å². The topological polar surface area (TPSA) is 20.3 Å². The Morgan fingerprint density at radius 3 is 2.39 bits per heavy atom. The predicted molar refractivity (Wildman–Crippen MR) is 75.2 cm³/mol. The summed E-state index contributed by atoms with van der Waals surface area (Å²) in [7, 11) is 0. The molecule has 3 aliphatic carbocycles. The number of carbonyl (C=O) groups excluding carboxylic acids is 1. The van der Waals surface area contributed by atoms with Crippen molar-refractivity contribution in [3.63, 3.8) is 0 Å². The van der Waals surface area contributed by atoms with E-state index in [1.165, 1.54) is 6.42 Å². The molecular formula is C16H27NO. The Balaban J connectivity index is 2.11. The maximum absolute atomic E-state index is 12.7. The lowest BCUT2D eigenvalue weighted by atomic mass is 9.49. The highest BCUT2D eigenvalue weighted by molar-refractivity contribution is 5.94. The first-order valence-electron chi connectivity index (χ1n) is 7.51. The van der Waals surface area contributed by atoms with Crippen LogP contribution in [0.4, 0.5) is 0 Å². The summed E-state index contributed by atoms with van der Waals surface area (Å²) in [5, 5.41) is 0. The number of rotatable bonds is 5. The van der Waals surface area contributed by atoms with Crippen LogP contribution >= 0.6 is 0 Å². The van der Waals surface area contributed by atoms with Gasteiger partial charge in [-0.2, -0.15) is 0 Å². The van der Waals surface area contributed by atoms with E-state index in [0.717, 1.165) is 43.8 Å². The van der Waals surface area contributed by atoms with Gasteiger partial charge in [-0.05, 0) is 42.9 Å². The SMILES string of the molecule is CCCN(CCC)C(=O)C1=CC[C@@H]2C[C@H]1C2(C)C. The van der Waals surface area contributed by atoms with Crippen LogP contribution in [0, 0.1) is 17.3 Å². The monoisotopic (exact) mass is 249 g/mol. The van der Waals surface area contributed by atoms with E-state index >= 15 is 0 Å². The quantitative estimate of drug-likeness (QED) is 0.728. The molecule has 0 unspecified atom stereocenters. The molecule has 0 aliphatic heterocycles. The van der Waals surface area contributed by atoms with E-state index in [1.54, 1.807) is 0 Å². The van der Waals surface area contributed by atoms with Crippen molar-refractivity contribution < 1.29 is 4.79 Å². The highest BCUT2D eigenvalue weighted by Gasteiger charge is 2.52. The summed E-state index contributed by atoms with van der Waals surface area (Å²) in [4.78, 5) is 14.7. The van der Waals surface area contributed by atoms with Crippen LogP contribution in [0.5, 0.6) is 0 Å². The zero-order valence-electron chi connectivity index (χ0n) is 12.3. The molecule has 1 fully saturated rings. The zero-order valence-corrected chi connectivity index (χ0v) is 12.3. The molecular weight excluding hydrogens is 222 g/mol. The highest BCUT2D eigenvalue weighted by atomic mass is 16.2. The Kier molecular flexibility index (Phi) is 3.84. The second-order valence-electron chi connectivity index (χ2n) is 6.49. The van der Waals surface area contributed by atoms with E-state index < -0.39 is 0 Å². The zero-order chi connectivity index (χ0) is 13.3. The minimum Gasteiger partial charge on any atom is -0.339 e. The molecule has 2 atom stereocenters. The smallest absolute Gasteiger partial charge is 0.249 e. The van der Waals surface area contributed by atoms with Crippen LogP contribution in [0.25, 0.3) is 0 Å².